The molecule has 0 unspecified atom stereocenters. The normalized spacial score (nSPS) is 20.8. The average Bonchev–Trinajstić information content (AvgIpc) is 2.75. The van der Waals surface area contributed by atoms with Crippen molar-refractivity contribution in [2.75, 3.05) is 19.0 Å². The maximum atomic E-state index is 9.12. The first kappa shape index (κ1) is 15.8. The Balaban J connectivity index is 2.26. The molecule has 2 rings (SSSR count). The molecule has 0 heterocycles. The lowest BCUT2D eigenvalue weighted by molar-refractivity contribution is 0.310. The first-order chi connectivity index (χ1) is 10.4. The van der Waals surface area contributed by atoms with Crippen LogP contribution in [-0.4, -0.2) is 35.9 Å². The van der Waals surface area contributed by atoms with E-state index in [1.54, 1.807) is 6.08 Å². The highest BCUT2D eigenvalue weighted by Crippen LogP contribution is 2.36. The van der Waals surface area contributed by atoms with Crippen molar-refractivity contribution in [2.24, 2.45) is 15.7 Å². The zero-order valence-electron chi connectivity index (χ0n) is 13.3. The molecular formula is C17H21N3O2. The first-order valence-corrected chi connectivity index (χ1v) is 7.02. The lowest BCUT2D eigenvalue weighted by Gasteiger charge is -2.20. The fourth-order valence-electron chi connectivity index (χ4n) is 2.43. The van der Waals surface area contributed by atoms with Crippen LogP contribution in [0.15, 0.2) is 52.3 Å². The number of nitrogens with zero attached hydrogens (tertiary/aromatic N) is 3. The van der Waals surface area contributed by atoms with Gasteiger partial charge in [-0.05, 0) is 43.2 Å². The number of oxime groups is 2. The maximum Gasteiger partial charge on any atom is 0.128 e. The number of anilines is 1. The first-order valence-electron chi connectivity index (χ1n) is 7.02. The summed E-state index contributed by atoms with van der Waals surface area (Å²) in [6.07, 6.45) is 5.66. The molecule has 0 amide bonds. The predicted octanol–water partition coefficient (Wildman–Crippen LogP) is 3.39. The van der Waals surface area contributed by atoms with Crippen molar-refractivity contribution in [1.29, 1.82) is 0 Å². The van der Waals surface area contributed by atoms with E-state index in [1.165, 1.54) is 0 Å². The van der Waals surface area contributed by atoms with Crippen molar-refractivity contribution in [3.63, 3.8) is 0 Å². The Bertz CT molecular complexity index is 666. The molecule has 0 atom stereocenters. The smallest absolute Gasteiger partial charge is 0.128 e. The molecule has 0 fully saturated rings. The van der Waals surface area contributed by atoms with Crippen LogP contribution in [-0.2, 0) is 0 Å². The van der Waals surface area contributed by atoms with Gasteiger partial charge in [0.25, 0.3) is 0 Å². The maximum absolute atomic E-state index is 9.12. The summed E-state index contributed by atoms with van der Waals surface area (Å²) in [6, 6.07) is 8.18. The van der Waals surface area contributed by atoms with Gasteiger partial charge >= 0.3 is 0 Å². The molecule has 0 aliphatic heterocycles. The highest BCUT2D eigenvalue weighted by Gasteiger charge is 2.38. The van der Waals surface area contributed by atoms with Crippen LogP contribution in [0.4, 0.5) is 5.69 Å². The van der Waals surface area contributed by atoms with Crippen molar-refractivity contribution in [2.45, 2.75) is 13.8 Å². The second kappa shape index (κ2) is 6.05. The average molecular weight is 299 g/mol. The summed E-state index contributed by atoms with van der Waals surface area (Å²) in [7, 11) is 4.00. The Morgan fingerprint density at radius 1 is 1.00 bits per heavy atom. The van der Waals surface area contributed by atoms with Gasteiger partial charge in [0.1, 0.15) is 11.4 Å². The number of benzene rings is 1. The van der Waals surface area contributed by atoms with Gasteiger partial charge in [-0.3, -0.25) is 0 Å². The van der Waals surface area contributed by atoms with Gasteiger partial charge in [0.15, 0.2) is 0 Å². The van der Waals surface area contributed by atoms with E-state index in [4.69, 9.17) is 10.4 Å². The van der Waals surface area contributed by atoms with Gasteiger partial charge < -0.3 is 15.3 Å². The second-order valence-corrected chi connectivity index (χ2v) is 5.98. The van der Waals surface area contributed by atoms with Crippen molar-refractivity contribution < 1.29 is 10.4 Å². The third-order valence-electron chi connectivity index (χ3n) is 3.92. The highest BCUT2D eigenvalue weighted by molar-refractivity contribution is 6.51. The molecule has 0 radical (unpaired) electrons. The van der Waals surface area contributed by atoms with Crippen LogP contribution in [0, 0.1) is 5.41 Å². The molecule has 1 aliphatic rings. The fraction of sp³-hybridized carbons (Fsp3) is 0.294. The van der Waals surface area contributed by atoms with Gasteiger partial charge in [0.05, 0.1) is 0 Å². The van der Waals surface area contributed by atoms with Crippen LogP contribution in [0.1, 0.15) is 19.4 Å². The lowest BCUT2D eigenvalue weighted by atomic mass is 9.83. The molecule has 22 heavy (non-hydrogen) atoms. The monoisotopic (exact) mass is 299 g/mol. The number of hydrogen-bond acceptors (Lipinski definition) is 5. The van der Waals surface area contributed by atoms with E-state index in [0.717, 1.165) is 16.8 Å². The molecular weight excluding hydrogens is 278 g/mol. The summed E-state index contributed by atoms with van der Waals surface area (Å²) in [5.41, 5.74) is 3.27. The third kappa shape index (κ3) is 2.88. The molecule has 0 aromatic heterocycles. The summed E-state index contributed by atoms with van der Waals surface area (Å²) < 4.78 is 0. The topological polar surface area (TPSA) is 68.4 Å². The number of allylic oxidation sites excluding steroid dienone is 3. The Kier molecular flexibility index (Phi) is 4.35. The minimum Gasteiger partial charge on any atom is -0.411 e. The summed E-state index contributed by atoms with van der Waals surface area (Å²) in [6.45, 7) is 3.84. The Hall–Kier alpha value is -2.56. The van der Waals surface area contributed by atoms with E-state index in [9.17, 15) is 0 Å². The molecule has 1 aromatic carbocycles. The SMILES string of the molecule is CN(C)c1ccc(/C=C/C2=CC(=N/O)/C(=N\O)C2(C)C)cc1. The molecule has 116 valence electrons. The zero-order valence-corrected chi connectivity index (χ0v) is 13.3. The molecule has 1 aromatic rings. The molecule has 0 bridgehead atoms. The van der Waals surface area contributed by atoms with Gasteiger partial charge in [-0.15, -0.1) is 0 Å². The summed E-state index contributed by atoms with van der Waals surface area (Å²) >= 11 is 0. The quantitative estimate of drug-likeness (QED) is 0.664. The van der Waals surface area contributed by atoms with E-state index in [0.29, 0.717) is 5.71 Å². The largest absolute Gasteiger partial charge is 0.411 e. The Labute approximate surface area is 130 Å². The van der Waals surface area contributed by atoms with Crippen LogP contribution >= 0.6 is 0 Å². The molecule has 1 aliphatic carbocycles. The van der Waals surface area contributed by atoms with E-state index < -0.39 is 5.41 Å². The van der Waals surface area contributed by atoms with E-state index in [1.807, 2.05) is 57.1 Å². The van der Waals surface area contributed by atoms with E-state index >= 15 is 0 Å². The molecule has 5 heteroatoms. The zero-order chi connectivity index (χ0) is 16.3. The predicted molar refractivity (Wildman–Crippen MR) is 90.1 cm³/mol. The van der Waals surface area contributed by atoms with Crippen LogP contribution in [0.2, 0.25) is 0 Å². The molecule has 0 saturated carbocycles. The van der Waals surface area contributed by atoms with E-state index in [-0.39, 0.29) is 5.71 Å². The van der Waals surface area contributed by atoms with Gasteiger partial charge in [-0.25, -0.2) is 0 Å². The van der Waals surface area contributed by atoms with E-state index in [2.05, 4.69) is 22.4 Å². The molecule has 0 saturated heterocycles. The van der Waals surface area contributed by atoms with Crippen molar-refractivity contribution in [1.82, 2.24) is 0 Å². The van der Waals surface area contributed by atoms with Gasteiger partial charge in [0.2, 0.25) is 0 Å². The third-order valence-corrected chi connectivity index (χ3v) is 3.92. The number of hydrogen-bond donors (Lipinski definition) is 2. The Morgan fingerprint density at radius 3 is 2.09 bits per heavy atom. The minimum atomic E-state index is -0.504. The number of rotatable bonds is 3. The van der Waals surface area contributed by atoms with Gasteiger partial charge in [-0.1, -0.05) is 34.6 Å². The van der Waals surface area contributed by atoms with Crippen LogP contribution in [0.5, 0.6) is 0 Å². The van der Waals surface area contributed by atoms with Crippen molar-refractivity contribution in [3.05, 3.63) is 47.6 Å². The summed E-state index contributed by atoms with van der Waals surface area (Å²) in [5.74, 6) is 0. The standard InChI is InChI=1S/C17H21N3O2/c1-17(2)13(11-15(18-21)16(17)19-22)8-5-12-6-9-14(10-7-12)20(3)4/h5-11,21-22H,1-4H3/b8-5+,18-15-,19-16+. The molecule has 5 nitrogen and oxygen atoms in total. The highest BCUT2D eigenvalue weighted by atomic mass is 16.4. The van der Waals surface area contributed by atoms with Gasteiger partial charge in [0, 0.05) is 25.2 Å². The van der Waals surface area contributed by atoms with Crippen LogP contribution < -0.4 is 4.90 Å². The Morgan fingerprint density at radius 2 is 1.64 bits per heavy atom. The van der Waals surface area contributed by atoms with Crippen molar-refractivity contribution in [3.8, 4) is 0 Å². The lowest BCUT2D eigenvalue weighted by Crippen LogP contribution is -2.25. The molecule has 0 spiro atoms. The van der Waals surface area contributed by atoms with Crippen molar-refractivity contribution >= 4 is 23.2 Å². The van der Waals surface area contributed by atoms with Crippen LogP contribution in [0.3, 0.4) is 0 Å². The van der Waals surface area contributed by atoms with Crippen LogP contribution in [0.25, 0.3) is 6.08 Å². The fourth-order valence-corrected chi connectivity index (χ4v) is 2.43. The second-order valence-electron chi connectivity index (χ2n) is 5.98. The molecule has 2 N–H and O–H groups in total. The van der Waals surface area contributed by atoms with Gasteiger partial charge in [-0.2, -0.15) is 0 Å². The minimum absolute atomic E-state index is 0.287. The summed E-state index contributed by atoms with van der Waals surface area (Å²) in [5, 5.41) is 24.6. The summed E-state index contributed by atoms with van der Waals surface area (Å²) in [4.78, 5) is 2.05.